The Bertz CT molecular complexity index is 346. The lowest BCUT2D eigenvalue weighted by molar-refractivity contribution is -0.152. The van der Waals surface area contributed by atoms with E-state index in [-0.39, 0.29) is 0 Å². The standard InChI is InChI=1S/C12H19NO3S/c1-12(2,3)9(14)10(15)13-7-5-4-6-8(13)11(16)17/h8H,4-7H2,1-3H3,(H,16,17)/p-1. The van der Waals surface area contributed by atoms with Crippen LogP contribution in [0.2, 0.25) is 0 Å². The first-order valence-corrected chi connectivity index (χ1v) is 6.22. The average molecular weight is 256 g/mol. The van der Waals surface area contributed by atoms with Gasteiger partial charge in [0.1, 0.15) is 0 Å². The van der Waals surface area contributed by atoms with Crippen LogP contribution >= 0.6 is 0 Å². The Morgan fingerprint density at radius 3 is 2.24 bits per heavy atom. The van der Waals surface area contributed by atoms with E-state index >= 15 is 0 Å². The van der Waals surface area contributed by atoms with E-state index in [1.807, 2.05) is 0 Å². The predicted octanol–water partition coefficient (Wildman–Crippen LogP) is 1.06. The zero-order valence-electron chi connectivity index (χ0n) is 10.5. The van der Waals surface area contributed by atoms with Crippen molar-refractivity contribution in [3.05, 3.63) is 0 Å². The molecule has 0 radical (unpaired) electrons. The summed E-state index contributed by atoms with van der Waals surface area (Å²) >= 11 is 4.63. The molecule has 0 bridgehead atoms. The molecule has 1 fully saturated rings. The van der Waals surface area contributed by atoms with Gasteiger partial charge in [0.15, 0.2) is 0 Å². The largest absolute Gasteiger partial charge is 0.740 e. The summed E-state index contributed by atoms with van der Waals surface area (Å²) in [5.74, 6) is -1.03. The number of likely N-dealkylation sites (tertiary alicyclic amines) is 1. The summed E-state index contributed by atoms with van der Waals surface area (Å²) in [6.07, 6.45) is 2.27. The Hall–Kier alpha value is -0.970. The number of rotatable bonds is 2. The van der Waals surface area contributed by atoms with Crippen molar-refractivity contribution in [3.8, 4) is 0 Å². The summed E-state index contributed by atoms with van der Waals surface area (Å²) in [7, 11) is 0. The second kappa shape index (κ2) is 5.12. The van der Waals surface area contributed by atoms with E-state index in [0.717, 1.165) is 12.8 Å². The van der Waals surface area contributed by atoms with Crippen molar-refractivity contribution < 1.29 is 14.4 Å². The second-order valence-electron chi connectivity index (χ2n) is 5.41. The fourth-order valence-electron chi connectivity index (χ4n) is 1.87. The Labute approximate surface area is 107 Å². The number of nitrogens with zero attached hydrogens (tertiary/aromatic N) is 1. The van der Waals surface area contributed by atoms with E-state index in [4.69, 9.17) is 0 Å². The van der Waals surface area contributed by atoms with E-state index in [1.54, 1.807) is 20.8 Å². The van der Waals surface area contributed by atoms with Crippen molar-refractivity contribution in [1.29, 1.82) is 0 Å². The van der Waals surface area contributed by atoms with Gasteiger partial charge in [-0.2, -0.15) is 0 Å². The van der Waals surface area contributed by atoms with Gasteiger partial charge in [-0.15, -0.1) is 0 Å². The van der Waals surface area contributed by atoms with Gasteiger partial charge in [0, 0.05) is 17.1 Å². The van der Waals surface area contributed by atoms with Gasteiger partial charge in [-0.25, -0.2) is 0 Å². The molecule has 1 amide bonds. The molecule has 0 spiro atoms. The smallest absolute Gasteiger partial charge is 0.291 e. The molecule has 0 N–H and O–H groups in total. The second-order valence-corrected chi connectivity index (χ2v) is 5.81. The van der Waals surface area contributed by atoms with E-state index in [0.29, 0.717) is 13.0 Å². The first-order valence-electron chi connectivity index (χ1n) is 5.81. The Morgan fingerprint density at radius 2 is 1.76 bits per heavy atom. The van der Waals surface area contributed by atoms with Crippen LogP contribution in [0.5, 0.6) is 0 Å². The topological polar surface area (TPSA) is 54.5 Å². The number of hydrogen-bond donors (Lipinski definition) is 0. The van der Waals surface area contributed by atoms with Crippen LogP contribution in [0.1, 0.15) is 40.0 Å². The molecule has 1 saturated heterocycles. The Kier molecular flexibility index (Phi) is 4.25. The van der Waals surface area contributed by atoms with Crippen LogP contribution in [-0.4, -0.2) is 34.3 Å². The van der Waals surface area contributed by atoms with Gasteiger partial charge < -0.3 is 22.3 Å². The molecular weight excluding hydrogens is 238 g/mol. The van der Waals surface area contributed by atoms with Crippen LogP contribution in [-0.2, 0) is 27.0 Å². The van der Waals surface area contributed by atoms with Gasteiger partial charge in [-0.05, 0) is 19.3 Å². The first-order chi connectivity index (χ1) is 7.75. The van der Waals surface area contributed by atoms with Crippen LogP contribution in [0.3, 0.4) is 0 Å². The van der Waals surface area contributed by atoms with Gasteiger partial charge in [0.2, 0.25) is 5.78 Å². The predicted molar refractivity (Wildman–Crippen MR) is 66.2 cm³/mol. The van der Waals surface area contributed by atoms with Crippen LogP contribution in [0.15, 0.2) is 0 Å². The molecule has 0 aliphatic carbocycles. The summed E-state index contributed by atoms with van der Waals surface area (Å²) < 4.78 is 0. The summed E-state index contributed by atoms with van der Waals surface area (Å²) in [6, 6.07) is -0.586. The zero-order valence-corrected chi connectivity index (χ0v) is 11.3. The molecule has 0 saturated carbocycles. The molecule has 0 aromatic heterocycles. The summed E-state index contributed by atoms with van der Waals surface area (Å²) in [5.41, 5.74) is -0.719. The summed E-state index contributed by atoms with van der Waals surface area (Å²) in [4.78, 5) is 36.6. The minimum Gasteiger partial charge on any atom is -0.740 e. The molecular formula is C12H18NO3S-. The molecule has 1 aliphatic heterocycles. The lowest BCUT2D eigenvalue weighted by atomic mass is 9.89. The number of ketones is 1. The third kappa shape index (κ3) is 3.25. The van der Waals surface area contributed by atoms with Crippen molar-refractivity contribution in [3.63, 3.8) is 0 Å². The quantitative estimate of drug-likeness (QED) is 0.547. The highest BCUT2D eigenvalue weighted by Crippen LogP contribution is 2.22. The number of Topliss-reactive ketones (excluding diaryl/α,β-unsaturated/α-hetero) is 1. The molecule has 1 rings (SSSR count). The first kappa shape index (κ1) is 14.1. The normalized spacial score (nSPS) is 21.1. The molecule has 96 valence electrons. The highest BCUT2D eigenvalue weighted by atomic mass is 32.1. The maximum absolute atomic E-state index is 12.0. The Morgan fingerprint density at radius 1 is 1.18 bits per heavy atom. The molecule has 5 heteroatoms. The maximum Gasteiger partial charge on any atom is 0.291 e. The lowest BCUT2D eigenvalue weighted by Crippen LogP contribution is -2.52. The molecule has 17 heavy (non-hydrogen) atoms. The van der Waals surface area contributed by atoms with Crippen LogP contribution in [0, 0.1) is 5.41 Å². The van der Waals surface area contributed by atoms with E-state index in [9.17, 15) is 14.4 Å². The zero-order chi connectivity index (χ0) is 13.2. The van der Waals surface area contributed by atoms with E-state index in [1.165, 1.54) is 4.90 Å². The van der Waals surface area contributed by atoms with E-state index < -0.39 is 28.3 Å². The summed E-state index contributed by atoms with van der Waals surface area (Å²) in [5, 5.41) is -0.445. The number of piperidine rings is 1. The molecule has 0 aromatic carbocycles. The van der Waals surface area contributed by atoms with Crippen LogP contribution < -0.4 is 0 Å². The van der Waals surface area contributed by atoms with Gasteiger partial charge in [-0.3, -0.25) is 9.59 Å². The van der Waals surface area contributed by atoms with Gasteiger partial charge >= 0.3 is 0 Å². The van der Waals surface area contributed by atoms with Gasteiger partial charge in [0.05, 0.1) is 6.04 Å². The minimum absolute atomic E-state index is 0.445. The summed E-state index contributed by atoms with van der Waals surface area (Å²) in [6.45, 7) is 5.54. The molecule has 1 atom stereocenters. The molecule has 1 aliphatic rings. The van der Waals surface area contributed by atoms with Gasteiger partial charge in [0.25, 0.3) is 5.91 Å². The number of carbonyl (C=O) groups is 3. The van der Waals surface area contributed by atoms with Gasteiger partial charge in [-0.1, -0.05) is 20.8 Å². The third-order valence-corrected chi connectivity index (χ3v) is 3.18. The fraction of sp³-hybridized carbons (Fsp3) is 0.750. The van der Waals surface area contributed by atoms with Crippen LogP contribution in [0.25, 0.3) is 0 Å². The van der Waals surface area contributed by atoms with Crippen molar-refractivity contribution >= 4 is 29.4 Å². The highest BCUT2D eigenvalue weighted by Gasteiger charge is 2.36. The highest BCUT2D eigenvalue weighted by molar-refractivity contribution is 7.77. The SMILES string of the molecule is CC(C)(C)C(=O)C(=O)N1CCCCC1C(=O)[S-]. The number of amides is 1. The van der Waals surface area contributed by atoms with Crippen molar-refractivity contribution in [2.24, 2.45) is 5.41 Å². The maximum atomic E-state index is 12.0. The molecule has 4 nitrogen and oxygen atoms in total. The fourth-order valence-corrected chi connectivity index (χ4v) is 2.12. The minimum atomic E-state index is -0.719. The van der Waals surface area contributed by atoms with Crippen molar-refractivity contribution in [2.75, 3.05) is 6.54 Å². The number of carbonyl (C=O) groups excluding carboxylic acids is 3. The Balaban J connectivity index is 2.86. The molecule has 1 unspecified atom stereocenters. The molecule has 1 heterocycles. The lowest BCUT2D eigenvalue weighted by Gasteiger charge is -2.37. The van der Waals surface area contributed by atoms with Crippen molar-refractivity contribution in [2.45, 2.75) is 46.1 Å². The molecule has 0 aromatic rings. The third-order valence-electron chi connectivity index (χ3n) is 2.91. The van der Waals surface area contributed by atoms with Crippen molar-refractivity contribution in [1.82, 2.24) is 4.90 Å². The number of hydrogen-bond acceptors (Lipinski definition) is 4. The van der Waals surface area contributed by atoms with E-state index in [2.05, 4.69) is 12.6 Å². The monoisotopic (exact) mass is 256 g/mol. The van der Waals surface area contributed by atoms with Crippen LogP contribution in [0.4, 0.5) is 0 Å². The average Bonchev–Trinajstić information content (AvgIpc) is 2.25.